The van der Waals surface area contributed by atoms with Gasteiger partial charge in [-0.3, -0.25) is 9.59 Å². The molecule has 0 spiro atoms. The number of hydrogen-bond donors (Lipinski definition) is 2. The summed E-state index contributed by atoms with van der Waals surface area (Å²) in [5.74, 6) is 5.15. The molecule has 0 bridgehead atoms. The van der Waals surface area contributed by atoms with E-state index < -0.39 is 5.91 Å². The Labute approximate surface area is 146 Å². The third-order valence-corrected chi connectivity index (χ3v) is 3.16. The van der Waals surface area contributed by atoms with Gasteiger partial charge in [0.25, 0.3) is 5.91 Å². The number of rotatable bonds is 6. The second-order valence-electron chi connectivity index (χ2n) is 4.96. The van der Waals surface area contributed by atoms with Crippen LogP contribution in [0.1, 0.15) is 15.9 Å². The van der Waals surface area contributed by atoms with Gasteiger partial charge in [-0.05, 0) is 23.8 Å². The van der Waals surface area contributed by atoms with E-state index in [2.05, 4.69) is 17.2 Å². The number of nitrogens with one attached hydrogen (secondary N) is 1. The SMILES string of the molecule is NC(=O)c1ccccc1OCC#CCNC(=O)/C=C/c1ccccc1. The van der Waals surface area contributed by atoms with Crippen LogP contribution in [-0.4, -0.2) is 25.0 Å². The van der Waals surface area contributed by atoms with Crippen LogP contribution in [0.15, 0.2) is 60.7 Å². The number of nitrogens with two attached hydrogens (primary N) is 1. The lowest BCUT2D eigenvalue weighted by Gasteiger charge is -2.05. The molecule has 0 atom stereocenters. The fraction of sp³-hybridized carbons (Fsp3) is 0.100. The van der Waals surface area contributed by atoms with Gasteiger partial charge in [0.05, 0.1) is 12.1 Å². The molecular weight excluding hydrogens is 316 g/mol. The normalized spacial score (nSPS) is 9.92. The van der Waals surface area contributed by atoms with E-state index in [9.17, 15) is 9.59 Å². The smallest absolute Gasteiger partial charge is 0.252 e. The van der Waals surface area contributed by atoms with Crippen LogP contribution in [0.3, 0.4) is 0 Å². The lowest BCUT2D eigenvalue weighted by molar-refractivity contribution is -0.116. The highest BCUT2D eigenvalue weighted by Crippen LogP contribution is 2.16. The summed E-state index contributed by atoms with van der Waals surface area (Å²) in [6, 6.07) is 16.2. The van der Waals surface area contributed by atoms with Crippen LogP contribution in [0.5, 0.6) is 5.75 Å². The number of carbonyl (C=O) groups is 2. The van der Waals surface area contributed by atoms with Crippen molar-refractivity contribution in [2.45, 2.75) is 0 Å². The first-order valence-electron chi connectivity index (χ1n) is 7.65. The van der Waals surface area contributed by atoms with E-state index in [1.165, 1.54) is 6.08 Å². The second-order valence-corrected chi connectivity index (χ2v) is 4.96. The van der Waals surface area contributed by atoms with Crippen molar-refractivity contribution in [2.24, 2.45) is 5.73 Å². The lowest BCUT2D eigenvalue weighted by atomic mass is 10.2. The highest BCUT2D eigenvalue weighted by atomic mass is 16.5. The van der Waals surface area contributed by atoms with Crippen LogP contribution in [-0.2, 0) is 4.79 Å². The van der Waals surface area contributed by atoms with E-state index in [1.54, 1.807) is 30.3 Å². The first-order valence-corrected chi connectivity index (χ1v) is 7.65. The first-order chi connectivity index (χ1) is 12.2. The predicted molar refractivity (Wildman–Crippen MR) is 96.7 cm³/mol. The average molecular weight is 334 g/mol. The van der Waals surface area contributed by atoms with Crippen molar-refractivity contribution in [1.29, 1.82) is 0 Å². The molecule has 0 saturated heterocycles. The Kier molecular flexibility index (Phi) is 6.83. The molecule has 5 nitrogen and oxygen atoms in total. The van der Waals surface area contributed by atoms with Crippen molar-refractivity contribution in [3.8, 4) is 17.6 Å². The van der Waals surface area contributed by atoms with Crippen LogP contribution < -0.4 is 15.8 Å². The molecule has 126 valence electrons. The Balaban J connectivity index is 1.74. The number of primary amides is 1. The molecule has 3 N–H and O–H groups in total. The Morgan fingerprint density at radius 3 is 2.52 bits per heavy atom. The van der Waals surface area contributed by atoms with Gasteiger partial charge in [-0.1, -0.05) is 54.3 Å². The van der Waals surface area contributed by atoms with E-state index in [1.807, 2.05) is 30.3 Å². The van der Waals surface area contributed by atoms with Crippen LogP contribution in [0, 0.1) is 11.8 Å². The predicted octanol–water partition coefficient (Wildman–Crippen LogP) is 2.00. The zero-order valence-electron chi connectivity index (χ0n) is 13.6. The van der Waals surface area contributed by atoms with E-state index in [0.717, 1.165) is 5.56 Å². The fourth-order valence-electron chi connectivity index (χ4n) is 1.95. The van der Waals surface area contributed by atoms with Gasteiger partial charge in [0.1, 0.15) is 12.4 Å². The quantitative estimate of drug-likeness (QED) is 0.626. The molecule has 0 unspecified atom stereocenters. The van der Waals surface area contributed by atoms with Gasteiger partial charge in [0.2, 0.25) is 5.91 Å². The first kappa shape index (κ1) is 17.8. The highest BCUT2D eigenvalue weighted by Gasteiger charge is 2.06. The molecule has 5 heteroatoms. The standard InChI is InChI=1S/C20H18N2O3/c21-20(24)17-10-4-5-11-18(17)25-15-7-6-14-22-19(23)13-12-16-8-2-1-3-9-16/h1-5,8-13H,14-15H2,(H2,21,24)(H,22,23)/b13-12+. The maximum atomic E-state index is 11.6. The number of amides is 2. The minimum Gasteiger partial charge on any atom is -0.480 e. The summed E-state index contributed by atoms with van der Waals surface area (Å²) in [6.45, 7) is 0.304. The van der Waals surface area contributed by atoms with Gasteiger partial charge in [-0.2, -0.15) is 0 Å². The summed E-state index contributed by atoms with van der Waals surface area (Å²) in [5, 5.41) is 2.65. The lowest BCUT2D eigenvalue weighted by Crippen LogP contribution is -2.21. The molecule has 2 rings (SSSR count). The maximum absolute atomic E-state index is 11.6. The second kappa shape index (κ2) is 9.58. The van der Waals surface area contributed by atoms with Crippen molar-refractivity contribution < 1.29 is 14.3 Å². The molecule has 0 heterocycles. The summed E-state index contributed by atoms with van der Waals surface area (Å²) >= 11 is 0. The minimum absolute atomic E-state index is 0.0972. The van der Waals surface area contributed by atoms with Crippen LogP contribution in [0.2, 0.25) is 0 Å². The largest absolute Gasteiger partial charge is 0.480 e. The molecule has 25 heavy (non-hydrogen) atoms. The van der Waals surface area contributed by atoms with Gasteiger partial charge < -0.3 is 15.8 Å². The van der Waals surface area contributed by atoms with Crippen molar-refractivity contribution in [3.05, 3.63) is 71.8 Å². The van der Waals surface area contributed by atoms with E-state index in [-0.39, 0.29) is 19.1 Å². The number of ether oxygens (including phenoxy) is 1. The van der Waals surface area contributed by atoms with Gasteiger partial charge >= 0.3 is 0 Å². The zero-order valence-corrected chi connectivity index (χ0v) is 13.6. The van der Waals surface area contributed by atoms with Gasteiger partial charge in [0, 0.05) is 6.08 Å². The molecule has 0 aliphatic carbocycles. The van der Waals surface area contributed by atoms with Gasteiger partial charge in [0.15, 0.2) is 0 Å². The van der Waals surface area contributed by atoms with Crippen LogP contribution in [0.4, 0.5) is 0 Å². The number of benzene rings is 2. The minimum atomic E-state index is -0.555. The summed E-state index contributed by atoms with van der Waals surface area (Å²) in [5.41, 5.74) is 6.52. The molecule has 0 saturated carbocycles. The molecule has 2 aromatic rings. The van der Waals surface area contributed by atoms with Crippen molar-refractivity contribution in [3.63, 3.8) is 0 Å². The van der Waals surface area contributed by atoms with Crippen LogP contribution in [0.25, 0.3) is 6.08 Å². The Bertz CT molecular complexity index is 818. The monoisotopic (exact) mass is 334 g/mol. The molecule has 0 fully saturated rings. The van der Waals surface area contributed by atoms with Crippen molar-refractivity contribution >= 4 is 17.9 Å². The average Bonchev–Trinajstić information content (AvgIpc) is 2.64. The summed E-state index contributed by atoms with van der Waals surface area (Å²) in [7, 11) is 0. The van der Waals surface area contributed by atoms with E-state index in [4.69, 9.17) is 10.5 Å². The molecular formula is C20H18N2O3. The summed E-state index contributed by atoms with van der Waals surface area (Å²) < 4.78 is 5.41. The van der Waals surface area contributed by atoms with Gasteiger partial charge in [-0.25, -0.2) is 0 Å². The molecule has 2 aromatic carbocycles. The Morgan fingerprint density at radius 1 is 1.04 bits per heavy atom. The van der Waals surface area contributed by atoms with Gasteiger partial charge in [-0.15, -0.1) is 0 Å². The molecule has 0 aliphatic rings. The summed E-state index contributed by atoms with van der Waals surface area (Å²) in [6.07, 6.45) is 3.18. The van der Waals surface area contributed by atoms with E-state index in [0.29, 0.717) is 11.3 Å². The zero-order chi connectivity index (χ0) is 17.9. The molecule has 2 amide bonds. The summed E-state index contributed by atoms with van der Waals surface area (Å²) in [4.78, 5) is 22.9. The Hall–Kier alpha value is -3.52. The number of carbonyl (C=O) groups excluding carboxylic acids is 2. The maximum Gasteiger partial charge on any atom is 0.252 e. The highest BCUT2D eigenvalue weighted by molar-refractivity contribution is 5.95. The van der Waals surface area contributed by atoms with E-state index >= 15 is 0 Å². The third-order valence-electron chi connectivity index (χ3n) is 3.16. The number of para-hydroxylation sites is 1. The van der Waals surface area contributed by atoms with Crippen molar-refractivity contribution in [1.82, 2.24) is 5.32 Å². The number of hydrogen-bond acceptors (Lipinski definition) is 3. The molecule has 0 aliphatic heterocycles. The topological polar surface area (TPSA) is 81.4 Å². The fourth-order valence-corrected chi connectivity index (χ4v) is 1.95. The van der Waals surface area contributed by atoms with Crippen LogP contribution >= 0.6 is 0 Å². The third kappa shape index (κ3) is 6.24. The molecule has 0 radical (unpaired) electrons. The Morgan fingerprint density at radius 2 is 1.76 bits per heavy atom. The molecule has 0 aromatic heterocycles. The van der Waals surface area contributed by atoms with Crippen molar-refractivity contribution in [2.75, 3.05) is 13.2 Å².